The summed E-state index contributed by atoms with van der Waals surface area (Å²) in [5.74, 6) is -3.98. The average Bonchev–Trinajstić information content (AvgIpc) is 0.966. The Balaban J connectivity index is 0.951. The summed E-state index contributed by atoms with van der Waals surface area (Å²) in [6.45, 7) is -3.83. The number of aliphatic hydroxyl groups is 10. The van der Waals surface area contributed by atoms with Crippen LogP contribution >= 0.6 is 0 Å². The fourth-order valence-electron chi connectivity index (χ4n) is 10.9. The van der Waals surface area contributed by atoms with Crippen LogP contribution in [0.4, 0.5) is 0 Å². The molecule has 25 atom stereocenters. The molecule has 9 rings (SSSR count). The topological polar surface area (TPSA) is 418 Å². The van der Waals surface area contributed by atoms with Gasteiger partial charge in [0.1, 0.15) is 97.7 Å². The summed E-state index contributed by atoms with van der Waals surface area (Å²) in [4.78, 5) is 53.9. The molecule has 0 spiro atoms. The number of esters is 4. The standard InChI is InChI=1S/C61H74O30/c1-76-46-37(83-57(75)52(78-3)51(46)77-2)28-82-61-50(91-56(74)32-22-14-7-15-23-32)45(70)41(66)36(87-61)27-81-60-49(90-55(73)31-20-12-6-13-21-31)44(69)40(65)35(86-60)26-80-59-48(89-54(72)30-18-10-5-11-19-30)43(68)39(64)34(85-59)25-79-58-47(42(67)38(63)33(24-62)84-58)88-53(71)29-16-8-4-9-17-29/h4-23,33-52,57-70,75H,24-28H2,1-3H3/t33-,34-,35-,36-,37-,38-,39-,40-,41-,42+,43+,44+,45+,46-,47+,48+,49+,50+,51+,52-,57+,58+,59+,60+,61+/m1/s1. The first-order chi connectivity index (χ1) is 43.8. The van der Waals surface area contributed by atoms with Gasteiger partial charge in [0, 0.05) is 21.3 Å². The predicted molar refractivity (Wildman–Crippen MR) is 299 cm³/mol. The quantitative estimate of drug-likeness (QED) is 0.0256. The van der Waals surface area contributed by atoms with Crippen molar-refractivity contribution in [2.75, 3.05) is 54.4 Å². The van der Waals surface area contributed by atoms with Gasteiger partial charge in [-0.25, -0.2) is 19.2 Å². The van der Waals surface area contributed by atoms with Gasteiger partial charge in [-0.2, -0.15) is 0 Å². The molecule has 4 aromatic rings. The molecule has 91 heavy (non-hydrogen) atoms. The molecule has 5 saturated heterocycles. The molecule has 0 saturated carbocycles. The highest BCUT2D eigenvalue weighted by atomic mass is 16.8. The van der Waals surface area contributed by atoms with Crippen LogP contribution in [-0.2, 0) is 75.8 Å². The Bertz CT molecular complexity index is 2920. The number of carbonyl (C=O) groups is 4. The minimum Gasteiger partial charge on any atom is -0.450 e. The molecule has 0 radical (unpaired) electrons. The molecule has 4 aromatic carbocycles. The summed E-state index contributed by atoms with van der Waals surface area (Å²) in [5.41, 5.74) is 0.0750. The summed E-state index contributed by atoms with van der Waals surface area (Å²) >= 11 is 0. The molecule has 30 nitrogen and oxygen atoms in total. The maximum Gasteiger partial charge on any atom is 0.338 e. The lowest BCUT2D eigenvalue weighted by atomic mass is 9.97. The van der Waals surface area contributed by atoms with Gasteiger partial charge in [0.05, 0.1) is 55.3 Å². The Morgan fingerprint density at radius 3 is 0.835 bits per heavy atom. The molecular formula is C61H74O30. The number of methoxy groups -OCH3 is 3. The van der Waals surface area contributed by atoms with E-state index in [0.717, 1.165) is 0 Å². The van der Waals surface area contributed by atoms with Gasteiger partial charge in [-0.3, -0.25) is 0 Å². The van der Waals surface area contributed by atoms with E-state index < -0.39 is 210 Å². The molecule has 0 aromatic heterocycles. The van der Waals surface area contributed by atoms with Gasteiger partial charge in [-0.1, -0.05) is 72.8 Å². The summed E-state index contributed by atoms with van der Waals surface area (Å²) in [7, 11) is 4.03. The van der Waals surface area contributed by atoms with E-state index in [9.17, 15) is 70.2 Å². The number of hydrogen-bond acceptors (Lipinski definition) is 30. The van der Waals surface area contributed by atoms with Crippen molar-refractivity contribution in [2.45, 2.75) is 154 Å². The third-order valence-corrected chi connectivity index (χ3v) is 15.9. The largest absolute Gasteiger partial charge is 0.450 e. The zero-order valence-corrected chi connectivity index (χ0v) is 49.2. The van der Waals surface area contributed by atoms with Crippen LogP contribution in [0.25, 0.3) is 0 Å². The van der Waals surface area contributed by atoms with E-state index in [0.29, 0.717) is 0 Å². The van der Waals surface area contributed by atoms with Crippen LogP contribution in [0, 0.1) is 0 Å². The first-order valence-electron chi connectivity index (χ1n) is 29.0. The van der Waals surface area contributed by atoms with Crippen molar-refractivity contribution in [1.29, 1.82) is 0 Å². The Kier molecular flexibility index (Phi) is 24.5. The fourth-order valence-corrected chi connectivity index (χ4v) is 10.9. The predicted octanol–water partition coefficient (Wildman–Crippen LogP) is -2.50. The summed E-state index contributed by atoms with van der Waals surface area (Å²) in [6.07, 6.45) is -42.7. The lowest BCUT2D eigenvalue weighted by molar-refractivity contribution is -0.349. The Labute approximate surface area is 519 Å². The van der Waals surface area contributed by atoms with E-state index in [-0.39, 0.29) is 22.3 Å². The van der Waals surface area contributed by atoms with Crippen LogP contribution in [0.3, 0.4) is 0 Å². The Morgan fingerprint density at radius 1 is 0.319 bits per heavy atom. The second kappa shape index (κ2) is 32.1. The molecule has 5 fully saturated rings. The van der Waals surface area contributed by atoms with Crippen molar-refractivity contribution in [1.82, 2.24) is 0 Å². The minimum atomic E-state index is -2.10. The highest BCUT2D eigenvalue weighted by Gasteiger charge is 2.55. The van der Waals surface area contributed by atoms with Gasteiger partial charge in [-0.05, 0) is 48.5 Å². The highest BCUT2D eigenvalue weighted by molar-refractivity contribution is 5.91. The Hall–Kier alpha value is -6.12. The zero-order valence-electron chi connectivity index (χ0n) is 49.2. The van der Waals surface area contributed by atoms with Gasteiger partial charge < -0.3 is 127 Å². The van der Waals surface area contributed by atoms with E-state index in [4.69, 9.17) is 75.8 Å². The van der Waals surface area contributed by atoms with Crippen molar-refractivity contribution in [3.63, 3.8) is 0 Å². The van der Waals surface area contributed by atoms with Crippen LogP contribution < -0.4 is 0 Å². The number of rotatable bonds is 24. The third-order valence-electron chi connectivity index (χ3n) is 15.9. The molecule has 5 aliphatic heterocycles. The summed E-state index contributed by atoms with van der Waals surface area (Å²) in [6, 6.07) is 30.1. The smallest absolute Gasteiger partial charge is 0.338 e. The maximum absolute atomic E-state index is 13.7. The fraction of sp³-hybridized carbons (Fsp3) is 0.541. The van der Waals surface area contributed by atoms with E-state index in [1.807, 2.05) is 0 Å². The van der Waals surface area contributed by atoms with E-state index in [1.54, 1.807) is 48.5 Å². The number of benzene rings is 4. The zero-order chi connectivity index (χ0) is 65.0. The number of aliphatic hydroxyl groups excluding tert-OH is 10. The lowest BCUT2D eigenvalue weighted by Gasteiger charge is -2.46. The van der Waals surface area contributed by atoms with Crippen LogP contribution in [0.15, 0.2) is 121 Å². The molecule has 0 bridgehead atoms. The molecule has 5 heterocycles. The molecule has 498 valence electrons. The second-order valence-electron chi connectivity index (χ2n) is 21.7. The van der Waals surface area contributed by atoms with Gasteiger partial charge in [0.2, 0.25) is 0 Å². The molecule has 0 unspecified atom stereocenters. The van der Waals surface area contributed by atoms with Gasteiger partial charge in [0.15, 0.2) is 55.9 Å². The molecule has 0 aliphatic carbocycles. The lowest BCUT2D eigenvalue weighted by Crippen LogP contribution is -2.64. The number of ether oxygens (including phenoxy) is 16. The van der Waals surface area contributed by atoms with Gasteiger partial charge in [0.25, 0.3) is 0 Å². The second-order valence-corrected chi connectivity index (χ2v) is 21.7. The number of carbonyl (C=O) groups excluding carboxylic acids is 4. The SMILES string of the molecule is CO[C@@H]1[C@@H](OC)[C@@H](O)O[C@H](CO[C@H]2O[C@H](CO[C@H]3O[C@H](CO[C@H]4O[C@H](CO[C@H]5O[C@H](CO)[C@@H](O)[C@H](O)[C@@H]5OC(=O)c5ccccc5)[C@@H](O)[C@H](O)[C@@H]4OC(=O)c4ccccc4)[C@@H](O)[C@H](O)[C@@H]3OC(=O)c3ccccc3)[C@@H](O)[C@H](O)[C@@H]2OC(=O)c2ccccc2)[C@H]1OC. The molecular weight excluding hydrogens is 1210 g/mol. The minimum absolute atomic E-state index is 0.0102. The van der Waals surface area contributed by atoms with E-state index in [1.165, 1.54) is 94.1 Å². The van der Waals surface area contributed by atoms with E-state index >= 15 is 0 Å². The molecule has 5 aliphatic rings. The van der Waals surface area contributed by atoms with Crippen LogP contribution in [-0.4, -0.2) is 283 Å². The highest BCUT2D eigenvalue weighted by Crippen LogP contribution is 2.35. The summed E-state index contributed by atoms with van der Waals surface area (Å²) in [5, 5.41) is 113. The first-order valence-corrected chi connectivity index (χ1v) is 29.0. The van der Waals surface area contributed by atoms with Crippen molar-refractivity contribution >= 4 is 23.9 Å². The van der Waals surface area contributed by atoms with Gasteiger partial charge in [-0.15, -0.1) is 0 Å². The normalized spacial score (nSPS) is 36.8. The van der Waals surface area contributed by atoms with Crippen molar-refractivity contribution < 1.29 is 146 Å². The first kappa shape index (κ1) is 69.2. The van der Waals surface area contributed by atoms with Crippen LogP contribution in [0.1, 0.15) is 41.4 Å². The van der Waals surface area contributed by atoms with E-state index in [2.05, 4.69) is 0 Å². The van der Waals surface area contributed by atoms with Crippen molar-refractivity contribution in [3.05, 3.63) is 144 Å². The van der Waals surface area contributed by atoms with Crippen LogP contribution in [0.5, 0.6) is 0 Å². The molecule has 30 heteroatoms. The van der Waals surface area contributed by atoms with Gasteiger partial charge >= 0.3 is 23.9 Å². The summed E-state index contributed by atoms with van der Waals surface area (Å²) < 4.78 is 93.4. The maximum atomic E-state index is 13.7. The Morgan fingerprint density at radius 2 is 0.571 bits per heavy atom. The van der Waals surface area contributed by atoms with Crippen LogP contribution in [0.2, 0.25) is 0 Å². The third kappa shape index (κ3) is 16.3. The van der Waals surface area contributed by atoms with Crippen molar-refractivity contribution in [2.24, 2.45) is 0 Å². The monoisotopic (exact) mass is 1290 g/mol. The van der Waals surface area contributed by atoms with Crippen molar-refractivity contribution in [3.8, 4) is 0 Å². The molecule has 10 N–H and O–H groups in total. The number of hydrogen-bond donors (Lipinski definition) is 10. The average molecular weight is 1290 g/mol. The molecule has 0 amide bonds.